The number of piperidine rings is 1. The van der Waals surface area contributed by atoms with Gasteiger partial charge in [-0.2, -0.15) is 0 Å². The van der Waals surface area contributed by atoms with Gasteiger partial charge in [0.25, 0.3) is 0 Å². The van der Waals surface area contributed by atoms with E-state index in [9.17, 15) is 4.79 Å². The molecule has 0 unspecified atom stereocenters. The summed E-state index contributed by atoms with van der Waals surface area (Å²) in [6.45, 7) is 5.51. The average Bonchev–Trinajstić information content (AvgIpc) is 2.78. The van der Waals surface area contributed by atoms with Crippen molar-refractivity contribution in [3.63, 3.8) is 0 Å². The maximum absolute atomic E-state index is 13.4. The summed E-state index contributed by atoms with van der Waals surface area (Å²) in [4.78, 5) is 15.5. The number of aryl methyl sites for hydroxylation is 1. The van der Waals surface area contributed by atoms with Crippen molar-refractivity contribution in [1.82, 2.24) is 5.32 Å². The Morgan fingerprint density at radius 1 is 1.23 bits per heavy atom. The van der Waals surface area contributed by atoms with Crippen molar-refractivity contribution < 1.29 is 9.53 Å². The van der Waals surface area contributed by atoms with Crippen LogP contribution in [0, 0.1) is 6.92 Å². The number of anilines is 1. The quantitative estimate of drug-likeness (QED) is 0.864. The first-order valence-corrected chi connectivity index (χ1v) is 8.46. The van der Waals surface area contributed by atoms with Crippen LogP contribution in [0.5, 0.6) is 0 Å². The van der Waals surface area contributed by atoms with E-state index in [1.165, 1.54) is 11.1 Å². The lowest BCUT2D eigenvalue weighted by molar-refractivity contribution is -0.127. The maximum atomic E-state index is 13.4. The molecule has 1 aromatic rings. The lowest BCUT2D eigenvalue weighted by Crippen LogP contribution is -2.50. The van der Waals surface area contributed by atoms with Crippen LogP contribution in [0.2, 0.25) is 0 Å². The Morgan fingerprint density at radius 3 is 2.68 bits per heavy atom. The van der Waals surface area contributed by atoms with Gasteiger partial charge < -0.3 is 15.0 Å². The number of hydrogen-bond donors (Lipinski definition) is 1. The zero-order chi connectivity index (χ0) is 15.2. The van der Waals surface area contributed by atoms with Crippen molar-refractivity contribution in [3.8, 4) is 0 Å². The Labute approximate surface area is 131 Å². The van der Waals surface area contributed by atoms with Crippen LogP contribution in [0.15, 0.2) is 18.2 Å². The number of fused-ring (bicyclic) bond motifs is 2. The molecule has 4 nitrogen and oxygen atoms in total. The van der Waals surface area contributed by atoms with Gasteiger partial charge in [0.05, 0.1) is 5.41 Å². The lowest BCUT2D eigenvalue weighted by atomic mass is 9.75. The normalized spacial score (nSPS) is 24.8. The van der Waals surface area contributed by atoms with E-state index in [0.717, 1.165) is 44.5 Å². The second kappa shape index (κ2) is 5.36. The third-order valence-corrected chi connectivity index (χ3v) is 5.58. The Kier molecular flexibility index (Phi) is 3.46. The van der Waals surface area contributed by atoms with Crippen LogP contribution in [0.25, 0.3) is 0 Å². The van der Waals surface area contributed by atoms with Crippen LogP contribution in [-0.4, -0.2) is 38.3 Å². The topological polar surface area (TPSA) is 41.6 Å². The fraction of sp³-hybridized carbons (Fsp3) is 0.611. The summed E-state index contributed by atoms with van der Waals surface area (Å²) >= 11 is 0. The van der Waals surface area contributed by atoms with Crippen molar-refractivity contribution in [2.45, 2.75) is 44.1 Å². The zero-order valence-corrected chi connectivity index (χ0v) is 13.2. The molecule has 2 saturated heterocycles. The summed E-state index contributed by atoms with van der Waals surface area (Å²) in [7, 11) is 0. The summed E-state index contributed by atoms with van der Waals surface area (Å²) in [5, 5.41) is 3.40. The Morgan fingerprint density at radius 2 is 1.95 bits per heavy atom. The van der Waals surface area contributed by atoms with Gasteiger partial charge in [0.15, 0.2) is 0 Å². The lowest BCUT2D eigenvalue weighted by Gasteiger charge is -2.36. The highest BCUT2D eigenvalue weighted by atomic mass is 16.5. The summed E-state index contributed by atoms with van der Waals surface area (Å²) < 4.78 is 5.55. The van der Waals surface area contributed by atoms with Gasteiger partial charge in [0.2, 0.25) is 5.91 Å². The smallest absolute Gasteiger partial charge is 0.238 e. The van der Waals surface area contributed by atoms with E-state index in [1.807, 2.05) is 0 Å². The monoisotopic (exact) mass is 300 g/mol. The minimum Gasteiger partial charge on any atom is -0.381 e. The fourth-order valence-electron chi connectivity index (χ4n) is 4.33. The van der Waals surface area contributed by atoms with Crippen molar-refractivity contribution in [3.05, 3.63) is 29.3 Å². The van der Waals surface area contributed by atoms with Gasteiger partial charge in [-0.3, -0.25) is 4.79 Å². The molecule has 1 spiro atoms. The largest absolute Gasteiger partial charge is 0.381 e. The number of carbonyl (C=O) groups is 1. The number of hydrogen-bond acceptors (Lipinski definition) is 3. The molecule has 2 fully saturated rings. The molecular formula is C18H24N2O2. The zero-order valence-electron chi connectivity index (χ0n) is 13.2. The van der Waals surface area contributed by atoms with Crippen LogP contribution < -0.4 is 10.2 Å². The highest BCUT2D eigenvalue weighted by Gasteiger charge is 2.52. The van der Waals surface area contributed by atoms with Crippen LogP contribution >= 0.6 is 0 Å². The van der Waals surface area contributed by atoms with Crippen molar-refractivity contribution in [1.29, 1.82) is 0 Å². The average molecular weight is 300 g/mol. The molecule has 118 valence electrons. The van der Waals surface area contributed by atoms with E-state index in [0.29, 0.717) is 25.2 Å². The molecule has 22 heavy (non-hydrogen) atoms. The minimum atomic E-state index is -0.329. The van der Waals surface area contributed by atoms with Gasteiger partial charge in [0.1, 0.15) is 0 Å². The number of nitrogens with zero attached hydrogens (tertiary/aromatic N) is 1. The third kappa shape index (κ3) is 2.01. The van der Waals surface area contributed by atoms with Crippen molar-refractivity contribution in [2.24, 2.45) is 0 Å². The molecule has 0 aliphatic carbocycles. The molecule has 4 rings (SSSR count). The standard InChI is InChI=1S/C18H24N2O2/c1-13-2-3-16-15(12-13)18(6-10-22-11-7-18)17(21)20(16)14-4-8-19-9-5-14/h2-3,12,14,19H,4-11H2,1H3. The van der Waals surface area contributed by atoms with Gasteiger partial charge in [-0.05, 0) is 57.3 Å². The summed E-state index contributed by atoms with van der Waals surface area (Å²) in [6.07, 6.45) is 3.74. The number of amides is 1. The molecular weight excluding hydrogens is 276 g/mol. The maximum Gasteiger partial charge on any atom is 0.238 e. The van der Waals surface area contributed by atoms with E-state index in [4.69, 9.17) is 4.74 Å². The number of nitrogens with one attached hydrogen (secondary N) is 1. The molecule has 0 aromatic heterocycles. The first-order valence-electron chi connectivity index (χ1n) is 8.46. The highest BCUT2D eigenvalue weighted by molar-refractivity contribution is 6.08. The van der Waals surface area contributed by atoms with Gasteiger partial charge in [-0.15, -0.1) is 0 Å². The SMILES string of the molecule is Cc1ccc2c(c1)C1(CCOCC1)C(=O)N2C1CCNCC1. The molecule has 3 aliphatic rings. The fourth-order valence-corrected chi connectivity index (χ4v) is 4.33. The molecule has 1 amide bonds. The van der Waals surface area contributed by atoms with Gasteiger partial charge in [-0.1, -0.05) is 17.7 Å². The first-order chi connectivity index (χ1) is 10.7. The number of carbonyl (C=O) groups excluding carboxylic acids is 1. The van der Waals surface area contributed by atoms with Crippen LogP contribution in [0.3, 0.4) is 0 Å². The molecule has 0 atom stereocenters. The molecule has 4 heteroatoms. The van der Waals surface area contributed by atoms with E-state index in [1.54, 1.807) is 0 Å². The Balaban J connectivity index is 1.80. The molecule has 1 N–H and O–H groups in total. The number of rotatable bonds is 1. The summed E-state index contributed by atoms with van der Waals surface area (Å²) in [6, 6.07) is 6.88. The molecule has 0 radical (unpaired) electrons. The van der Waals surface area contributed by atoms with E-state index >= 15 is 0 Å². The molecule has 1 aromatic carbocycles. The van der Waals surface area contributed by atoms with E-state index in [2.05, 4.69) is 35.3 Å². The van der Waals surface area contributed by atoms with Gasteiger partial charge in [0, 0.05) is 24.9 Å². The van der Waals surface area contributed by atoms with Gasteiger partial charge in [-0.25, -0.2) is 0 Å². The second-order valence-corrected chi connectivity index (χ2v) is 6.87. The predicted molar refractivity (Wildman–Crippen MR) is 86.3 cm³/mol. The third-order valence-electron chi connectivity index (χ3n) is 5.58. The van der Waals surface area contributed by atoms with Crippen molar-refractivity contribution >= 4 is 11.6 Å². The van der Waals surface area contributed by atoms with Gasteiger partial charge >= 0.3 is 0 Å². The minimum absolute atomic E-state index is 0.323. The predicted octanol–water partition coefficient (Wildman–Crippen LogP) is 2.14. The van der Waals surface area contributed by atoms with E-state index < -0.39 is 0 Å². The first kappa shape index (κ1) is 14.2. The Bertz CT molecular complexity index is 587. The molecule has 3 aliphatic heterocycles. The molecule has 3 heterocycles. The summed E-state index contributed by atoms with van der Waals surface area (Å²) in [5.41, 5.74) is 3.32. The van der Waals surface area contributed by atoms with Crippen LogP contribution in [0.4, 0.5) is 5.69 Å². The van der Waals surface area contributed by atoms with Crippen LogP contribution in [0.1, 0.15) is 36.8 Å². The summed E-state index contributed by atoms with van der Waals surface area (Å²) in [5.74, 6) is 0.323. The number of benzene rings is 1. The van der Waals surface area contributed by atoms with Crippen LogP contribution in [-0.2, 0) is 14.9 Å². The molecule has 0 saturated carbocycles. The van der Waals surface area contributed by atoms with Crippen molar-refractivity contribution in [2.75, 3.05) is 31.2 Å². The Hall–Kier alpha value is -1.39. The van der Waals surface area contributed by atoms with E-state index in [-0.39, 0.29) is 5.41 Å². The highest BCUT2D eigenvalue weighted by Crippen LogP contribution is 2.49. The number of ether oxygens (including phenoxy) is 1. The molecule has 0 bridgehead atoms. The second-order valence-electron chi connectivity index (χ2n) is 6.87.